The Kier molecular flexibility index (Phi) is 11.8. The minimum absolute atomic E-state index is 0. The molecule has 1 aromatic rings. The van der Waals surface area contributed by atoms with Crippen LogP contribution in [0.15, 0.2) is 17.1 Å². The first kappa shape index (κ1) is 27.6. The zero-order valence-electron chi connectivity index (χ0n) is 20.0. The number of guanidine groups is 1. The van der Waals surface area contributed by atoms with Crippen molar-refractivity contribution >= 4 is 29.9 Å². The van der Waals surface area contributed by atoms with Gasteiger partial charge >= 0.3 is 0 Å². The molecule has 1 aliphatic heterocycles. The third-order valence-electron chi connectivity index (χ3n) is 5.32. The van der Waals surface area contributed by atoms with Crippen molar-refractivity contribution in [3.8, 4) is 17.2 Å². The lowest BCUT2D eigenvalue weighted by Gasteiger charge is -2.40. The Morgan fingerprint density at radius 3 is 2.26 bits per heavy atom. The Bertz CT molecular complexity index is 682. The van der Waals surface area contributed by atoms with E-state index in [-0.39, 0.29) is 35.5 Å². The molecule has 0 radical (unpaired) electrons. The fraction of sp³-hybridized carbons (Fsp3) is 0.696. The second-order valence-corrected chi connectivity index (χ2v) is 8.67. The summed E-state index contributed by atoms with van der Waals surface area (Å²) in [6, 6.07) is 3.86. The number of benzene rings is 1. The maximum atomic E-state index is 6.11. The Morgan fingerprint density at radius 1 is 1.10 bits per heavy atom. The zero-order valence-corrected chi connectivity index (χ0v) is 22.4. The molecule has 0 saturated carbocycles. The van der Waals surface area contributed by atoms with E-state index in [2.05, 4.69) is 38.3 Å². The molecule has 1 heterocycles. The summed E-state index contributed by atoms with van der Waals surface area (Å²) in [5.74, 6) is 3.11. The predicted molar refractivity (Wildman–Crippen MR) is 136 cm³/mol. The van der Waals surface area contributed by atoms with Gasteiger partial charge in [0.05, 0.1) is 34.0 Å². The Balaban J connectivity index is 0.00000480. The average Bonchev–Trinajstić information content (AvgIpc) is 2.74. The van der Waals surface area contributed by atoms with Gasteiger partial charge in [0.15, 0.2) is 17.5 Å². The largest absolute Gasteiger partial charge is 0.493 e. The van der Waals surface area contributed by atoms with Crippen molar-refractivity contribution in [2.45, 2.75) is 53.2 Å². The van der Waals surface area contributed by atoms with Crippen LogP contribution >= 0.6 is 24.0 Å². The van der Waals surface area contributed by atoms with E-state index in [1.807, 2.05) is 12.1 Å². The molecule has 2 unspecified atom stereocenters. The van der Waals surface area contributed by atoms with Crippen LogP contribution in [-0.2, 0) is 11.3 Å². The van der Waals surface area contributed by atoms with Crippen molar-refractivity contribution < 1.29 is 18.9 Å². The van der Waals surface area contributed by atoms with Gasteiger partial charge < -0.3 is 29.6 Å². The molecule has 0 bridgehead atoms. The molecule has 8 heteroatoms. The minimum atomic E-state index is 0. The van der Waals surface area contributed by atoms with Crippen LogP contribution in [0, 0.1) is 11.3 Å². The van der Waals surface area contributed by atoms with E-state index in [1.165, 1.54) is 6.42 Å². The molecule has 0 aromatic heterocycles. The number of ether oxygens (including phenoxy) is 4. The van der Waals surface area contributed by atoms with Crippen LogP contribution in [0.3, 0.4) is 0 Å². The first-order chi connectivity index (χ1) is 14.3. The van der Waals surface area contributed by atoms with Crippen LogP contribution in [0.5, 0.6) is 17.2 Å². The molecule has 178 valence electrons. The van der Waals surface area contributed by atoms with E-state index < -0.39 is 0 Å². The zero-order chi connectivity index (χ0) is 22.1. The Labute approximate surface area is 204 Å². The lowest BCUT2D eigenvalue weighted by Crippen LogP contribution is -2.47. The van der Waals surface area contributed by atoms with E-state index in [9.17, 15) is 0 Å². The number of aliphatic imine (C=N–C) groups is 1. The highest BCUT2D eigenvalue weighted by atomic mass is 127. The fourth-order valence-electron chi connectivity index (χ4n) is 3.98. The first-order valence-corrected chi connectivity index (χ1v) is 10.8. The molecule has 1 aliphatic rings. The molecule has 0 amide bonds. The van der Waals surface area contributed by atoms with E-state index >= 15 is 0 Å². The lowest BCUT2D eigenvalue weighted by molar-refractivity contribution is -0.0835. The summed E-state index contributed by atoms with van der Waals surface area (Å²) in [7, 11) is 4.84. The Morgan fingerprint density at radius 2 is 1.74 bits per heavy atom. The molecular weight excluding hydrogens is 509 g/mol. The summed E-state index contributed by atoms with van der Waals surface area (Å²) in [5.41, 5.74) is 1.11. The summed E-state index contributed by atoms with van der Waals surface area (Å²) in [5, 5.41) is 6.85. The highest BCUT2D eigenvalue weighted by molar-refractivity contribution is 14.0. The number of methoxy groups -OCH3 is 3. The van der Waals surface area contributed by atoms with Crippen molar-refractivity contribution in [2.75, 3.05) is 41.0 Å². The fourth-order valence-corrected chi connectivity index (χ4v) is 3.98. The van der Waals surface area contributed by atoms with Crippen molar-refractivity contribution in [1.82, 2.24) is 10.6 Å². The minimum Gasteiger partial charge on any atom is -0.493 e. The number of hydrogen-bond donors (Lipinski definition) is 2. The average molecular weight is 549 g/mol. The third-order valence-corrected chi connectivity index (χ3v) is 5.32. The van der Waals surface area contributed by atoms with E-state index in [0.29, 0.717) is 29.7 Å². The monoisotopic (exact) mass is 549 g/mol. The normalized spacial score (nSPS) is 19.3. The van der Waals surface area contributed by atoms with Gasteiger partial charge in [-0.3, -0.25) is 0 Å². The molecule has 2 N–H and O–H groups in total. The number of nitrogens with zero attached hydrogens (tertiary/aromatic N) is 1. The highest BCUT2D eigenvalue weighted by Gasteiger charge is 2.35. The van der Waals surface area contributed by atoms with Crippen LogP contribution in [-0.4, -0.2) is 53.1 Å². The van der Waals surface area contributed by atoms with Crippen molar-refractivity contribution in [1.29, 1.82) is 0 Å². The van der Waals surface area contributed by atoms with Gasteiger partial charge in [0.1, 0.15) is 0 Å². The maximum absolute atomic E-state index is 6.11. The van der Waals surface area contributed by atoms with Crippen LogP contribution in [0.25, 0.3) is 0 Å². The topological polar surface area (TPSA) is 73.3 Å². The molecule has 2 atom stereocenters. The number of nitrogens with one attached hydrogen (secondary N) is 2. The number of rotatable bonds is 8. The van der Waals surface area contributed by atoms with E-state index in [0.717, 1.165) is 37.6 Å². The van der Waals surface area contributed by atoms with Crippen LogP contribution in [0.1, 0.15) is 46.1 Å². The predicted octanol–water partition coefficient (Wildman–Crippen LogP) is 4.23. The van der Waals surface area contributed by atoms with Crippen molar-refractivity contribution in [3.05, 3.63) is 17.7 Å². The van der Waals surface area contributed by atoms with Crippen molar-refractivity contribution in [2.24, 2.45) is 16.3 Å². The van der Waals surface area contributed by atoms with Gasteiger partial charge in [-0.25, -0.2) is 4.99 Å². The quantitative estimate of drug-likeness (QED) is 0.288. The second kappa shape index (κ2) is 13.2. The first-order valence-electron chi connectivity index (χ1n) is 10.8. The molecule has 7 nitrogen and oxygen atoms in total. The van der Waals surface area contributed by atoms with Crippen LogP contribution in [0.2, 0.25) is 0 Å². The van der Waals surface area contributed by atoms with Gasteiger partial charge in [0.25, 0.3) is 0 Å². The summed E-state index contributed by atoms with van der Waals surface area (Å²) in [6.45, 7) is 11.8. The second-order valence-electron chi connectivity index (χ2n) is 8.67. The molecule has 2 rings (SSSR count). The van der Waals surface area contributed by atoms with Gasteiger partial charge in [-0.2, -0.15) is 0 Å². The van der Waals surface area contributed by atoms with E-state index in [1.54, 1.807) is 21.3 Å². The standard InChI is InChI=1S/C23H39N3O4.HI/c1-8-24-22(26-15-17-10-9-11-30-21(17)23(2,3)4)25-14-16-12-18(27-5)20(29-7)19(13-16)28-6;/h12-13,17,21H,8-11,14-15H2,1-7H3,(H2,24,25,26);1H. The third kappa shape index (κ3) is 7.89. The Hall–Kier alpha value is -1.42. The van der Waals surface area contributed by atoms with Crippen LogP contribution < -0.4 is 24.8 Å². The van der Waals surface area contributed by atoms with Gasteiger partial charge in [-0.05, 0) is 42.9 Å². The summed E-state index contributed by atoms with van der Waals surface area (Å²) < 4.78 is 22.4. The van der Waals surface area contributed by atoms with E-state index in [4.69, 9.17) is 23.9 Å². The van der Waals surface area contributed by atoms with Crippen LogP contribution in [0.4, 0.5) is 0 Å². The highest BCUT2D eigenvalue weighted by Crippen LogP contribution is 2.38. The molecular formula is C23H40IN3O4. The molecule has 0 aliphatic carbocycles. The number of halogens is 1. The molecule has 1 aromatic carbocycles. The van der Waals surface area contributed by atoms with Gasteiger partial charge in [-0.1, -0.05) is 20.8 Å². The summed E-state index contributed by atoms with van der Waals surface area (Å²) in [6.07, 6.45) is 2.52. The summed E-state index contributed by atoms with van der Waals surface area (Å²) in [4.78, 5) is 4.76. The van der Waals surface area contributed by atoms with Crippen molar-refractivity contribution in [3.63, 3.8) is 0 Å². The molecule has 1 fully saturated rings. The van der Waals surface area contributed by atoms with Gasteiger partial charge in [0, 0.05) is 25.6 Å². The lowest BCUT2D eigenvalue weighted by atomic mass is 9.78. The maximum Gasteiger partial charge on any atom is 0.203 e. The molecule has 0 spiro atoms. The summed E-state index contributed by atoms with van der Waals surface area (Å²) >= 11 is 0. The molecule has 1 saturated heterocycles. The number of hydrogen-bond acceptors (Lipinski definition) is 5. The van der Waals surface area contributed by atoms with Gasteiger partial charge in [-0.15, -0.1) is 24.0 Å². The molecule has 31 heavy (non-hydrogen) atoms. The van der Waals surface area contributed by atoms with Gasteiger partial charge in [0.2, 0.25) is 5.75 Å². The SMILES string of the molecule is CCNC(=NCc1cc(OC)c(OC)c(OC)c1)NCC1CCCOC1C(C)(C)C.I. The smallest absolute Gasteiger partial charge is 0.203 e.